The highest BCUT2D eigenvalue weighted by molar-refractivity contribution is 5.33. The lowest BCUT2D eigenvalue weighted by Crippen LogP contribution is -2.35. The van der Waals surface area contributed by atoms with Crippen molar-refractivity contribution >= 4 is 0 Å². The average molecular weight is 377 g/mol. The van der Waals surface area contributed by atoms with Gasteiger partial charge in [-0.3, -0.25) is 4.90 Å². The number of aliphatic hydroxyl groups excluding tert-OH is 1. The first-order valence-electron chi connectivity index (χ1n) is 9.48. The SMILES string of the molecule is COc1ccccc1CN(Cc1ccccc1)CC(O)COc1ccccc1. The number of nitrogens with zero attached hydrogens (tertiary/aromatic N) is 1. The Labute approximate surface area is 167 Å². The lowest BCUT2D eigenvalue weighted by atomic mass is 10.1. The Morgan fingerprint density at radius 1 is 0.821 bits per heavy atom. The van der Waals surface area contributed by atoms with Crippen molar-refractivity contribution in [3.63, 3.8) is 0 Å². The number of para-hydroxylation sites is 2. The molecule has 28 heavy (non-hydrogen) atoms. The predicted molar refractivity (Wildman–Crippen MR) is 111 cm³/mol. The van der Waals surface area contributed by atoms with E-state index in [1.807, 2.05) is 66.7 Å². The molecule has 3 aromatic rings. The first-order valence-corrected chi connectivity index (χ1v) is 9.48. The largest absolute Gasteiger partial charge is 0.496 e. The van der Waals surface area contributed by atoms with Crippen LogP contribution in [0.1, 0.15) is 11.1 Å². The van der Waals surface area contributed by atoms with E-state index < -0.39 is 6.10 Å². The van der Waals surface area contributed by atoms with Crippen molar-refractivity contribution in [2.24, 2.45) is 0 Å². The van der Waals surface area contributed by atoms with Crippen molar-refractivity contribution in [1.82, 2.24) is 4.90 Å². The molecule has 1 unspecified atom stereocenters. The lowest BCUT2D eigenvalue weighted by Gasteiger charge is -2.26. The van der Waals surface area contributed by atoms with E-state index in [9.17, 15) is 5.11 Å². The van der Waals surface area contributed by atoms with Gasteiger partial charge in [-0.15, -0.1) is 0 Å². The molecule has 0 aliphatic rings. The fourth-order valence-corrected chi connectivity index (χ4v) is 3.16. The number of hydrogen-bond acceptors (Lipinski definition) is 4. The zero-order valence-electron chi connectivity index (χ0n) is 16.2. The van der Waals surface area contributed by atoms with E-state index in [1.165, 1.54) is 5.56 Å². The van der Waals surface area contributed by atoms with E-state index in [2.05, 4.69) is 23.1 Å². The van der Waals surface area contributed by atoms with Gasteiger partial charge in [-0.05, 0) is 23.8 Å². The molecule has 0 heterocycles. The molecule has 0 radical (unpaired) electrons. The minimum Gasteiger partial charge on any atom is -0.496 e. The van der Waals surface area contributed by atoms with Crippen LogP contribution in [-0.4, -0.2) is 36.4 Å². The predicted octanol–water partition coefficient (Wildman–Crippen LogP) is 4.14. The Hall–Kier alpha value is -2.82. The minimum atomic E-state index is -0.598. The molecule has 0 aromatic heterocycles. The molecule has 0 bridgehead atoms. The van der Waals surface area contributed by atoms with Crippen LogP contribution in [0.25, 0.3) is 0 Å². The van der Waals surface area contributed by atoms with E-state index >= 15 is 0 Å². The molecular weight excluding hydrogens is 350 g/mol. The van der Waals surface area contributed by atoms with Crippen LogP contribution >= 0.6 is 0 Å². The molecule has 0 aliphatic heterocycles. The average Bonchev–Trinajstić information content (AvgIpc) is 2.74. The van der Waals surface area contributed by atoms with Crippen LogP contribution < -0.4 is 9.47 Å². The molecule has 0 saturated carbocycles. The van der Waals surface area contributed by atoms with Crippen LogP contribution in [0.5, 0.6) is 11.5 Å². The fraction of sp³-hybridized carbons (Fsp3) is 0.250. The first kappa shape index (κ1) is 19.9. The number of hydrogen-bond donors (Lipinski definition) is 1. The third-order valence-corrected chi connectivity index (χ3v) is 4.49. The van der Waals surface area contributed by atoms with Crippen molar-refractivity contribution in [1.29, 1.82) is 0 Å². The third kappa shape index (κ3) is 6.12. The Morgan fingerprint density at radius 3 is 2.18 bits per heavy atom. The summed E-state index contributed by atoms with van der Waals surface area (Å²) in [6, 6.07) is 27.8. The Morgan fingerprint density at radius 2 is 1.46 bits per heavy atom. The first-order chi connectivity index (χ1) is 13.7. The maximum Gasteiger partial charge on any atom is 0.123 e. The zero-order valence-corrected chi connectivity index (χ0v) is 16.2. The molecule has 1 N–H and O–H groups in total. The summed E-state index contributed by atoms with van der Waals surface area (Å²) in [6.45, 7) is 2.17. The van der Waals surface area contributed by atoms with Gasteiger partial charge in [0.15, 0.2) is 0 Å². The van der Waals surface area contributed by atoms with Crippen molar-refractivity contribution in [3.8, 4) is 11.5 Å². The number of rotatable bonds is 10. The molecule has 146 valence electrons. The second-order valence-electron chi connectivity index (χ2n) is 6.74. The maximum atomic E-state index is 10.6. The van der Waals surface area contributed by atoms with Crippen LogP contribution in [0.15, 0.2) is 84.9 Å². The second-order valence-corrected chi connectivity index (χ2v) is 6.74. The van der Waals surface area contributed by atoms with Crippen molar-refractivity contribution in [2.45, 2.75) is 19.2 Å². The Bertz CT molecular complexity index is 824. The number of benzene rings is 3. The van der Waals surface area contributed by atoms with Gasteiger partial charge >= 0.3 is 0 Å². The summed E-state index contributed by atoms with van der Waals surface area (Å²) in [5.74, 6) is 1.62. The van der Waals surface area contributed by atoms with E-state index in [4.69, 9.17) is 9.47 Å². The van der Waals surface area contributed by atoms with Gasteiger partial charge in [-0.25, -0.2) is 0 Å². The quantitative estimate of drug-likeness (QED) is 0.577. The molecule has 0 aliphatic carbocycles. The third-order valence-electron chi connectivity index (χ3n) is 4.49. The van der Waals surface area contributed by atoms with Gasteiger partial charge in [0, 0.05) is 25.2 Å². The van der Waals surface area contributed by atoms with E-state index in [1.54, 1.807) is 7.11 Å². The number of aliphatic hydroxyl groups is 1. The van der Waals surface area contributed by atoms with E-state index in [0.29, 0.717) is 13.1 Å². The zero-order chi connectivity index (χ0) is 19.6. The van der Waals surface area contributed by atoms with Crippen LogP contribution in [-0.2, 0) is 13.1 Å². The number of methoxy groups -OCH3 is 1. The highest BCUT2D eigenvalue weighted by Gasteiger charge is 2.15. The molecule has 0 saturated heterocycles. The fourth-order valence-electron chi connectivity index (χ4n) is 3.16. The summed E-state index contributed by atoms with van der Waals surface area (Å²) in [6.07, 6.45) is -0.598. The van der Waals surface area contributed by atoms with Crippen LogP contribution in [0.4, 0.5) is 0 Å². The van der Waals surface area contributed by atoms with Crippen LogP contribution in [0, 0.1) is 0 Å². The molecule has 3 rings (SSSR count). The molecule has 4 nitrogen and oxygen atoms in total. The second kappa shape index (κ2) is 10.5. The summed E-state index contributed by atoms with van der Waals surface area (Å²) >= 11 is 0. The van der Waals surface area contributed by atoms with Crippen LogP contribution in [0.2, 0.25) is 0 Å². The molecule has 4 heteroatoms. The summed E-state index contributed by atoms with van der Waals surface area (Å²) in [5.41, 5.74) is 2.30. The topological polar surface area (TPSA) is 41.9 Å². The Kier molecular flexibility index (Phi) is 7.47. The van der Waals surface area contributed by atoms with Crippen molar-refractivity contribution in [2.75, 3.05) is 20.3 Å². The van der Waals surface area contributed by atoms with Gasteiger partial charge in [-0.2, -0.15) is 0 Å². The van der Waals surface area contributed by atoms with E-state index in [0.717, 1.165) is 23.6 Å². The van der Waals surface area contributed by atoms with Crippen LogP contribution in [0.3, 0.4) is 0 Å². The van der Waals surface area contributed by atoms with Gasteiger partial charge in [0.1, 0.15) is 24.2 Å². The van der Waals surface area contributed by atoms with Gasteiger partial charge < -0.3 is 14.6 Å². The van der Waals surface area contributed by atoms with Gasteiger partial charge in [0.25, 0.3) is 0 Å². The normalized spacial score (nSPS) is 12.0. The molecule has 0 amide bonds. The van der Waals surface area contributed by atoms with E-state index in [-0.39, 0.29) is 6.61 Å². The molecular formula is C24H27NO3. The number of ether oxygens (including phenoxy) is 2. The summed E-state index contributed by atoms with van der Waals surface area (Å²) < 4.78 is 11.2. The smallest absolute Gasteiger partial charge is 0.123 e. The monoisotopic (exact) mass is 377 g/mol. The molecule has 3 aromatic carbocycles. The lowest BCUT2D eigenvalue weighted by molar-refractivity contribution is 0.0626. The maximum absolute atomic E-state index is 10.6. The molecule has 0 spiro atoms. The van der Waals surface area contributed by atoms with Gasteiger partial charge in [0.05, 0.1) is 7.11 Å². The molecule has 0 fully saturated rings. The highest BCUT2D eigenvalue weighted by atomic mass is 16.5. The standard InChI is InChI=1S/C24H27NO3/c1-27-24-15-9-8-12-21(24)17-25(16-20-10-4-2-5-11-20)18-22(26)19-28-23-13-6-3-7-14-23/h2-15,22,26H,16-19H2,1H3. The minimum absolute atomic E-state index is 0.251. The Balaban J connectivity index is 1.66. The summed E-state index contributed by atoms with van der Waals surface area (Å²) in [4.78, 5) is 2.21. The van der Waals surface area contributed by atoms with Gasteiger partial charge in [0.2, 0.25) is 0 Å². The summed E-state index contributed by atoms with van der Waals surface area (Å²) in [5, 5.41) is 10.6. The molecule has 1 atom stereocenters. The van der Waals surface area contributed by atoms with Gasteiger partial charge in [-0.1, -0.05) is 66.7 Å². The van der Waals surface area contributed by atoms with Crippen molar-refractivity contribution in [3.05, 3.63) is 96.1 Å². The summed E-state index contributed by atoms with van der Waals surface area (Å²) in [7, 11) is 1.68. The highest BCUT2D eigenvalue weighted by Crippen LogP contribution is 2.20. The van der Waals surface area contributed by atoms with Crippen molar-refractivity contribution < 1.29 is 14.6 Å².